The summed E-state index contributed by atoms with van der Waals surface area (Å²) < 4.78 is 5.38. The molecule has 1 saturated carbocycles. The van der Waals surface area contributed by atoms with Crippen LogP contribution in [0.4, 0.5) is 0 Å². The highest BCUT2D eigenvalue weighted by molar-refractivity contribution is 5.77. The van der Waals surface area contributed by atoms with Gasteiger partial charge in [0, 0.05) is 6.61 Å². The van der Waals surface area contributed by atoms with Gasteiger partial charge in [-0.15, -0.1) is 0 Å². The van der Waals surface area contributed by atoms with Crippen LogP contribution in [-0.2, 0) is 9.53 Å². The summed E-state index contributed by atoms with van der Waals surface area (Å²) in [6.07, 6.45) is 4.26. The van der Waals surface area contributed by atoms with Crippen molar-refractivity contribution in [1.29, 1.82) is 0 Å². The van der Waals surface area contributed by atoms with Crippen LogP contribution in [0, 0.1) is 5.92 Å². The molecule has 0 bridgehead atoms. The van der Waals surface area contributed by atoms with Gasteiger partial charge in [0.15, 0.2) is 5.60 Å². The maximum absolute atomic E-state index is 11.1. The lowest BCUT2D eigenvalue weighted by atomic mass is 9.87. The van der Waals surface area contributed by atoms with Crippen molar-refractivity contribution in [3.63, 3.8) is 0 Å². The Balaban J connectivity index is 2.69. The summed E-state index contributed by atoms with van der Waals surface area (Å²) in [5.41, 5.74) is -0.953. The third kappa shape index (κ3) is 2.02. The minimum absolute atomic E-state index is 0.199. The van der Waals surface area contributed by atoms with Crippen molar-refractivity contribution in [3.05, 3.63) is 0 Å². The molecule has 0 spiro atoms. The van der Waals surface area contributed by atoms with E-state index in [0.717, 1.165) is 25.7 Å². The summed E-state index contributed by atoms with van der Waals surface area (Å²) in [6.45, 7) is 4.02. The van der Waals surface area contributed by atoms with Gasteiger partial charge in [0.1, 0.15) is 0 Å². The topological polar surface area (TPSA) is 46.5 Å². The van der Waals surface area contributed by atoms with Crippen LogP contribution >= 0.6 is 0 Å². The molecule has 1 aliphatic rings. The molecule has 1 aliphatic carbocycles. The molecule has 1 atom stereocenters. The van der Waals surface area contributed by atoms with Gasteiger partial charge < -0.3 is 9.84 Å². The maximum Gasteiger partial charge on any atom is 0.335 e. The molecule has 3 heteroatoms. The predicted octanol–water partition coefficient (Wildman–Crippen LogP) is 2.06. The predicted molar refractivity (Wildman–Crippen MR) is 49.6 cm³/mol. The van der Waals surface area contributed by atoms with Crippen molar-refractivity contribution in [2.24, 2.45) is 5.92 Å². The van der Waals surface area contributed by atoms with E-state index in [-0.39, 0.29) is 5.92 Å². The molecule has 76 valence electrons. The van der Waals surface area contributed by atoms with Crippen LogP contribution in [0.2, 0.25) is 0 Å². The van der Waals surface area contributed by atoms with E-state index >= 15 is 0 Å². The van der Waals surface area contributed by atoms with E-state index in [1.807, 2.05) is 6.92 Å². The van der Waals surface area contributed by atoms with E-state index in [4.69, 9.17) is 9.84 Å². The average Bonchev–Trinajstić information content (AvgIpc) is 2.56. The molecule has 3 nitrogen and oxygen atoms in total. The molecule has 0 saturated heterocycles. The molecule has 1 fully saturated rings. The van der Waals surface area contributed by atoms with Crippen molar-refractivity contribution in [2.75, 3.05) is 6.61 Å². The van der Waals surface area contributed by atoms with Gasteiger partial charge in [-0.2, -0.15) is 0 Å². The number of hydrogen-bond acceptors (Lipinski definition) is 2. The van der Waals surface area contributed by atoms with Crippen LogP contribution in [0.15, 0.2) is 0 Å². The van der Waals surface area contributed by atoms with E-state index < -0.39 is 11.6 Å². The molecular formula is C10H18O3. The Morgan fingerprint density at radius 1 is 1.54 bits per heavy atom. The molecule has 0 amide bonds. The van der Waals surface area contributed by atoms with E-state index in [9.17, 15) is 4.79 Å². The quantitative estimate of drug-likeness (QED) is 0.731. The Kier molecular flexibility index (Phi) is 3.31. The summed E-state index contributed by atoms with van der Waals surface area (Å²) >= 11 is 0. The highest BCUT2D eigenvalue weighted by Gasteiger charge is 2.43. The molecule has 1 rings (SSSR count). The number of ether oxygens (including phenoxy) is 1. The fourth-order valence-electron chi connectivity index (χ4n) is 2.13. The van der Waals surface area contributed by atoms with Crippen molar-refractivity contribution in [2.45, 2.75) is 45.1 Å². The number of carbonyl (C=O) groups is 1. The van der Waals surface area contributed by atoms with Crippen molar-refractivity contribution < 1.29 is 14.6 Å². The van der Waals surface area contributed by atoms with Gasteiger partial charge in [0.05, 0.1) is 0 Å². The zero-order valence-electron chi connectivity index (χ0n) is 8.38. The van der Waals surface area contributed by atoms with E-state index in [1.165, 1.54) is 0 Å². The standard InChI is InChI=1S/C10H18O3/c1-3-13-10(2,9(11)12)8-6-4-5-7-8/h8H,3-7H2,1-2H3,(H,11,12). The Morgan fingerprint density at radius 2 is 2.08 bits per heavy atom. The van der Waals surface area contributed by atoms with E-state index in [2.05, 4.69) is 0 Å². The first kappa shape index (κ1) is 10.5. The number of aliphatic carboxylic acids is 1. The molecule has 0 aromatic heterocycles. The molecule has 0 radical (unpaired) electrons. The Labute approximate surface area is 79.1 Å². The average molecular weight is 186 g/mol. The summed E-state index contributed by atoms with van der Waals surface area (Å²) in [6, 6.07) is 0. The second-order valence-corrected chi connectivity index (χ2v) is 3.83. The zero-order valence-corrected chi connectivity index (χ0v) is 8.38. The molecule has 13 heavy (non-hydrogen) atoms. The minimum atomic E-state index is -0.953. The monoisotopic (exact) mass is 186 g/mol. The Bertz CT molecular complexity index is 185. The van der Waals surface area contributed by atoms with Crippen molar-refractivity contribution >= 4 is 5.97 Å². The third-order valence-corrected chi connectivity index (χ3v) is 3.00. The van der Waals surface area contributed by atoms with Crippen LogP contribution in [0.5, 0.6) is 0 Å². The van der Waals surface area contributed by atoms with Crippen molar-refractivity contribution in [3.8, 4) is 0 Å². The lowest BCUT2D eigenvalue weighted by Gasteiger charge is -2.30. The van der Waals surface area contributed by atoms with Gasteiger partial charge in [0.25, 0.3) is 0 Å². The van der Waals surface area contributed by atoms with Crippen LogP contribution in [0.3, 0.4) is 0 Å². The zero-order chi connectivity index (χ0) is 9.90. The minimum Gasteiger partial charge on any atom is -0.479 e. The number of hydrogen-bond donors (Lipinski definition) is 1. The first-order chi connectivity index (χ1) is 6.11. The third-order valence-electron chi connectivity index (χ3n) is 3.00. The number of carboxylic acids is 1. The second kappa shape index (κ2) is 4.09. The summed E-state index contributed by atoms with van der Waals surface area (Å²) in [4.78, 5) is 11.1. The van der Waals surface area contributed by atoms with Gasteiger partial charge in [-0.1, -0.05) is 12.8 Å². The second-order valence-electron chi connectivity index (χ2n) is 3.83. The van der Waals surface area contributed by atoms with E-state index in [0.29, 0.717) is 6.61 Å². The van der Waals surface area contributed by atoms with Gasteiger partial charge >= 0.3 is 5.97 Å². The van der Waals surface area contributed by atoms with Crippen LogP contribution in [-0.4, -0.2) is 23.3 Å². The molecule has 1 unspecified atom stereocenters. The van der Waals surface area contributed by atoms with Crippen LogP contribution in [0.25, 0.3) is 0 Å². The Morgan fingerprint density at radius 3 is 2.46 bits per heavy atom. The normalized spacial score (nSPS) is 22.9. The van der Waals surface area contributed by atoms with E-state index in [1.54, 1.807) is 6.92 Å². The molecular weight excluding hydrogens is 168 g/mol. The summed E-state index contributed by atoms with van der Waals surface area (Å²) in [5, 5.41) is 9.10. The fraction of sp³-hybridized carbons (Fsp3) is 0.900. The maximum atomic E-state index is 11.1. The number of carboxylic acid groups (broad SMARTS) is 1. The van der Waals surface area contributed by atoms with Gasteiger partial charge in [-0.25, -0.2) is 4.79 Å². The summed E-state index contributed by atoms with van der Waals surface area (Å²) in [7, 11) is 0. The first-order valence-electron chi connectivity index (χ1n) is 4.98. The SMILES string of the molecule is CCOC(C)(C(=O)O)C1CCCC1. The van der Waals surface area contributed by atoms with Gasteiger partial charge in [0.2, 0.25) is 0 Å². The fourth-order valence-corrected chi connectivity index (χ4v) is 2.13. The molecule has 1 N–H and O–H groups in total. The lowest BCUT2D eigenvalue weighted by Crippen LogP contribution is -2.44. The highest BCUT2D eigenvalue weighted by Crippen LogP contribution is 2.36. The smallest absolute Gasteiger partial charge is 0.335 e. The lowest BCUT2D eigenvalue weighted by molar-refractivity contribution is -0.170. The summed E-state index contributed by atoms with van der Waals surface area (Å²) in [5.74, 6) is -0.619. The molecule has 0 aromatic rings. The molecule has 0 aromatic carbocycles. The molecule has 0 heterocycles. The van der Waals surface area contributed by atoms with Crippen LogP contribution in [0.1, 0.15) is 39.5 Å². The number of rotatable bonds is 4. The Hall–Kier alpha value is -0.570. The molecule has 0 aliphatic heterocycles. The van der Waals surface area contributed by atoms with Crippen molar-refractivity contribution in [1.82, 2.24) is 0 Å². The van der Waals surface area contributed by atoms with Gasteiger partial charge in [-0.3, -0.25) is 0 Å². The highest BCUT2D eigenvalue weighted by atomic mass is 16.5. The van der Waals surface area contributed by atoms with Crippen LogP contribution < -0.4 is 0 Å². The largest absolute Gasteiger partial charge is 0.479 e. The first-order valence-corrected chi connectivity index (χ1v) is 4.98. The van der Waals surface area contributed by atoms with Gasteiger partial charge in [-0.05, 0) is 32.6 Å².